The largest absolute Gasteiger partial charge is 4.00 e. The number of rotatable bonds is 0. The Balaban J connectivity index is 0. The van der Waals surface area contributed by atoms with Gasteiger partial charge in [0.25, 0.3) is 0 Å². The fourth-order valence-electron chi connectivity index (χ4n) is 0. The SMILES string of the molecule is [O-2].[O-2].[O-2].[OH-].[OH-].[OH-].[V].[Zr+4]. The zero-order chi connectivity index (χ0) is 0. The van der Waals surface area contributed by atoms with Crippen LogP contribution in [0.4, 0.5) is 0 Å². The van der Waals surface area contributed by atoms with E-state index in [9.17, 15) is 0 Å². The summed E-state index contributed by atoms with van der Waals surface area (Å²) in [7, 11) is 0. The molecule has 0 heterocycles. The normalized spacial score (nSPS) is 0. The van der Waals surface area contributed by atoms with Gasteiger partial charge < -0.3 is 32.9 Å². The van der Waals surface area contributed by atoms with Gasteiger partial charge in [0.2, 0.25) is 0 Å². The first-order valence-electron chi connectivity index (χ1n) is 0. The van der Waals surface area contributed by atoms with Crippen molar-refractivity contribution in [2.45, 2.75) is 0 Å². The fourth-order valence-corrected chi connectivity index (χ4v) is 0. The van der Waals surface area contributed by atoms with Gasteiger partial charge in [-0.2, -0.15) is 0 Å². The van der Waals surface area contributed by atoms with Gasteiger partial charge in [0.05, 0.1) is 0 Å². The summed E-state index contributed by atoms with van der Waals surface area (Å²) >= 11 is 0. The van der Waals surface area contributed by atoms with Crippen LogP contribution in [-0.2, 0) is 61.2 Å². The molecule has 0 saturated carbocycles. The monoisotopic (exact) mass is 240 g/mol. The molecule has 0 aliphatic carbocycles. The summed E-state index contributed by atoms with van der Waals surface area (Å²) in [5.74, 6) is 0. The second kappa shape index (κ2) is 285. The van der Waals surface area contributed by atoms with E-state index in [0.717, 1.165) is 0 Å². The van der Waals surface area contributed by atoms with E-state index in [1.165, 1.54) is 0 Å². The van der Waals surface area contributed by atoms with E-state index in [1.807, 2.05) is 0 Å². The maximum absolute atomic E-state index is 0. The molecule has 0 saturated heterocycles. The summed E-state index contributed by atoms with van der Waals surface area (Å²) in [5.41, 5.74) is 0. The van der Waals surface area contributed by atoms with Crippen LogP contribution in [0.15, 0.2) is 0 Å². The van der Waals surface area contributed by atoms with E-state index >= 15 is 0 Å². The molecular weight excluding hydrogens is 238 g/mol. The fraction of sp³-hybridized carbons (Fsp3) is 0. The standard InChI is InChI=1S/3H2O.3O.V.Zr/h3*1H2;;;;;/q;;;3*-2;;+4/p-3. The van der Waals surface area contributed by atoms with Crippen LogP contribution < -0.4 is 0 Å². The molecule has 53 valence electrons. The summed E-state index contributed by atoms with van der Waals surface area (Å²) in [6, 6.07) is 0. The predicted octanol–water partition coefficient (Wildman–Crippen LogP) is -0.892. The molecule has 3 N–H and O–H groups in total. The van der Waals surface area contributed by atoms with Gasteiger partial charge in [-0.1, -0.05) is 0 Å². The Bertz CT molecular complexity index is 8.49. The molecule has 0 aromatic heterocycles. The van der Waals surface area contributed by atoms with Crippen LogP contribution in [-0.4, -0.2) is 16.4 Å². The summed E-state index contributed by atoms with van der Waals surface area (Å²) in [6.07, 6.45) is 0. The van der Waals surface area contributed by atoms with Gasteiger partial charge in [-0.3, -0.25) is 0 Å². The summed E-state index contributed by atoms with van der Waals surface area (Å²) in [6.45, 7) is 0. The van der Waals surface area contributed by atoms with Crippen molar-refractivity contribution in [3.8, 4) is 0 Å². The van der Waals surface area contributed by atoms with Gasteiger partial charge in [0.15, 0.2) is 0 Å². The third-order valence-electron chi connectivity index (χ3n) is 0. The van der Waals surface area contributed by atoms with Crippen LogP contribution in [0, 0.1) is 0 Å². The van der Waals surface area contributed by atoms with Gasteiger partial charge in [-0.25, -0.2) is 0 Å². The average molecular weight is 241 g/mol. The Labute approximate surface area is 77.5 Å². The van der Waals surface area contributed by atoms with E-state index in [4.69, 9.17) is 0 Å². The maximum atomic E-state index is 0. The number of hydrogen-bond acceptors (Lipinski definition) is 3. The van der Waals surface area contributed by atoms with Crippen molar-refractivity contribution in [3.63, 3.8) is 0 Å². The van der Waals surface area contributed by atoms with Crippen molar-refractivity contribution in [3.05, 3.63) is 0 Å². The summed E-state index contributed by atoms with van der Waals surface area (Å²) < 4.78 is 0. The van der Waals surface area contributed by atoms with Crippen molar-refractivity contribution in [1.29, 1.82) is 0 Å². The molecule has 1 radical (unpaired) electrons. The Kier molecular flexibility index (Phi) is 14800. The zero-order valence-electron chi connectivity index (χ0n) is 3.51. The molecular formula is H3O6VZr-5. The van der Waals surface area contributed by atoms with Crippen LogP contribution in [0.1, 0.15) is 0 Å². The van der Waals surface area contributed by atoms with Crippen LogP contribution >= 0.6 is 0 Å². The molecule has 0 aliphatic rings. The minimum Gasteiger partial charge on any atom is -2.00 e. The molecule has 0 fully saturated rings. The average Bonchev–Trinajstić information content (AvgIpc) is 0. The van der Waals surface area contributed by atoms with Crippen molar-refractivity contribution >= 4 is 0 Å². The summed E-state index contributed by atoms with van der Waals surface area (Å²) in [4.78, 5) is 0. The topological polar surface area (TPSA) is 176 Å². The van der Waals surface area contributed by atoms with E-state index in [2.05, 4.69) is 0 Å². The second-order valence-electron chi connectivity index (χ2n) is 0. The molecule has 0 atom stereocenters. The van der Waals surface area contributed by atoms with Crippen LogP contribution in [0.2, 0.25) is 0 Å². The molecule has 0 rings (SSSR count). The third-order valence-corrected chi connectivity index (χ3v) is 0. The maximum Gasteiger partial charge on any atom is 4.00 e. The molecule has 0 bridgehead atoms. The van der Waals surface area contributed by atoms with Crippen molar-refractivity contribution in [1.82, 2.24) is 0 Å². The molecule has 0 amide bonds. The van der Waals surface area contributed by atoms with Crippen LogP contribution in [0.5, 0.6) is 0 Å². The minimum absolute atomic E-state index is 0. The molecule has 6 nitrogen and oxygen atoms in total. The molecule has 0 spiro atoms. The van der Waals surface area contributed by atoms with E-state index < -0.39 is 0 Å². The third kappa shape index (κ3) is 186. The van der Waals surface area contributed by atoms with E-state index in [0.29, 0.717) is 0 Å². The first-order valence-corrected chi connectivity index (χ1v) is 0. The van der Waals surface area contributed by atoms with Crippen LogP contribution in [0.3, 0.4) is 0 Å². The first-order chi connectivity index (χ1) is 0. The van der Waals surface area contributed by atoms with Gasteiger partial charge in [-0.15, -0.1) is 0 Å². The van der Waals surface area contributed by atoms with Gasteiger partial charge in [0.1, 0.15) is 0 Å². The smallest absolute Gasteiger partial charge is 2.00 e. The first kappa shape index (κ1) is 415. The Morgan fingerprint density at radius 1 is 0.500 bits per heavy atom. The Hall–Kier alpha value is 1.23. The summed E-state index contributed by atoms with van der Waals surface area (Å²) in [5, 5.41) is 0. The van der Waals surface area contributed by atoms with Crippen molar-refractivity contribution in [2.75, 3.05) is 0 Å². The zero-order valence-corrected chi connectivity index (χ0v) is 7.37. The number of hydrogen-bond donors (Lipinski definition) is 0. The predicted molar refractivity (Wildman–Crippen MR) is 7.87 cm³/mol. The van der Waals surface area contributed by atoms with Crippen molar-refractivity contribution < 1.29 is 77.6 Å². The van der Waals surface area contributed by atoms with Gasteiger partial charge in [0, 0.05) is 18.6 Å². The Morgan fingerprint density at radius 2 is 0.500 bits per heavy atom. The molecule has 8 heteroatoms. The molecule has 8 heavy (non-hydrogen) atoms. The molecule has 0 aliphatic heterocycles. The quantitative estimate of drug-likeness (QED) is 0.535. The van der Waals surface area contributed by atoms with E-state index in [1.54, 1.807) is 0 Å². The van der Waals surface area contributed by atoms with E-state index in [-0.39, 0.29) is 77.6 Å². The van der Waals surface area contributed by atoms with Gasteiger partial charge in [-0.05, 0) is 0 Å². The Morgan fingerprint density at radius 3 is 0.500 bits per heavy atom. The van der Waals surface area contributed by atoms with Crippen LogP contribution in [0.25, 0.3) is 0 Å². The second-order valence-corrected chi connectivity index (χ2v) is 0. The molecule has 0 aromatic rings. The molecule has 0 aromatic carbocycles. The minimum atomic E-state index is 0. The van der Waals surface area contributed by atoms with Gasteiger partial charge >= 0.3 is 26.2 Å². The molecule has 0 unspecified atom stereocenters. The van der Waals surface area contributed by atoms with Crippen molar-refractivity contribution in [2.24, 2.45) is 0 Å².